The molecule has 0 N–H and O–H groups in total. The predicted molar refractivity (Wildman–Crippen MR) is 94.5 cm³/mol. The number of aryl methyl sites for hydroxylation is 1. The summed E-state index contributed by atoms with van der Waals surface area (Å²) in [4.78, 5) is 5.12. The Bertz CT molecular complexity index is 692. The average Bonchev–Trinajstić information content (AvgIpc) is 3.10. The zero-order valence-electron chi connectivity index (χ0n) is 14.8. The number of anilines is 1. The molecule has 2 fully saturated rings. The van der Waals surface area contributed by atoms with E-state index in [1.54, 1.807) is 4.68 Å². The topological polar surface area (TPSA) is 50.1 Å². The summed E-state index contributed by atoms with van der Waals surface area (Å²) in [6.07, 6.45) is 5.79. The van der Waals surface area contributed by atoms with Gasteiger partial charge in [-0.2, -0.15) is 5.10 Å². The van der Waals surface area contributed by atoms with E-state index in [1.807, 2.05) is 25.3 Å². The van der Waals surface area contributed by atoms with Gasteiger partial charge in [-0.25, -0.2) is 4.68 Å². The first-order chi connectivity index (χ1) is 11.6. The molecule has 6 nitrogen and oxygen atoms in total. The molecule has 2 aromatic heterocycles. The molecule has 0 amide bonds. The molecule has 2 unspecified atom stereocenters. The number of hydrogen-bond donors (Lipinski definition) is 0. The van der Waals surface area contributed by atoms with Crippen LogP contribution in [0, 0.1) is 6.92 Å². The lowest BCUT2D eigenvalue weighted by molar-refractivity contribution is 0.158. The van der Waals surface area contributed by atoms with E-state index >= 15 is 0 Å². The van der Waals surface area contributed by atoms with Gasteiger partial charge in [0.2, 0.25) is 0 Å². The maximum Gasteiger partial charge on any atom is 0.175 e. The van der Waals surface area contributed by atoms with Crippen molar-refractivity contribution in [2.45, 2.75) is 58.2 Å². The first-order valence-corrected chi connectivity index (χ1v) is 9.00. The van der Waals surface area contributed by atoms with Gasteiger partial charge in [-0.1, -0.05) is 0 Å². The van der Waals surface area contributed by atoms with E-state index in [0.717, 1.165) is 36.5 Å². The number of aromatic nitrogens is 4. The zero-order chi connectivity index (χ0) is 16.7. The summed E-state index contributed by atoms with van der Waals surface area (Å²) >= 11 is 0. The molecule has 4 heterocycles. The van der Waals surface area contributed by atoms with Crippen LogP contribution in [-0.2, 0) is 0 Å². The third-order valence-corrected chi connectivity index (χ3v) is 5.35. The van der Waals surface area contributed by atoms with Gasteiger partial charge < -0.3 is 4.90 Å². The van der Waals surface area contributed by atoms with Crippen molar-refractivity contribution in [2.24, 2.45) is 0 Å². The Hall–Kier alpha value is -1.95. The van der Waals surface area contributed by atoms with Gasteiger partial charge in [0.05, 0.1) is 5.69 Å². The van der Waals surface area contributed by atoms with Gasteiger partial charge in [-0.3, -0.25) is 4.90 Å². The van der Waals surface area contributed by atoms with Crippen molar-refractivity contribution < 1.29 is 0 Å². The van der Waals surface area contributed by atoms with Crippen LogP contribution in [-0.4, -0.2) is 56.1 Å². The monoisotopic (exact) mass is 326 g/mol. The minimum Gasteiger partial charge on any atom is -0.354 e. The van der Waals surface area contributed by atoms with E-state index in [4.69, 9.17) is 0 Å². The summed E-state index contributed by atoms with van der Waals surface area (Å²) < 4.78 is 1.77. The molecule has 0 aromatic carbocycles. The second-order valence-electron chi connectivity index (χ2n) is 7.31. The van der Waals surface area contributed by atoms with E-state index in [9.17, 15) is 0 Å². The minimum absolute atomic E-state index is 0.624. The van der Waals surface area contributed by atoms with Crippen molar-refractivity contribution in [1.29, 1.82) is 0 Å². The lowest BCUT2D eigenvalue weighted by Crippen LogP contribution is -2.43. The largest absolute Gasteiger partial charge is 0.354 e. The van der Waals surface area contributed by atoms with Crippen LogP contribution >= 0.6 is 0 Å². The Morgan fingerprint density at radius 1 is 1.00 bits per heavy atom. The lowest BCUT2D eigenvalue weighted by Gasteiger charge is -2.32. The van der Waals surface area contributed by atoms with E-state index < -0.39 is 0 Å². The Kier molecular flexibility index (Phi) is 4.00. The SMILES string of the molecule is Cc1ccn(-c2ccc(N3CCC4CCC(C3)N4C(C)C)nn2)n1. The number of rotatable bonds is 3. The van der Waals surface area contributed by atoms with Crippen molar-refractivity contribution in [3.8, 4) is 5.82 Å². The van der Waals surface area contributed by atoms with Crippen LogP contribution in [0.1, 0.15) is 38.8 Å². The summed E-state index contributed by atoms with van der Waals surface area (Å²) in [6, 6.07) is 8.07. The van der Waals surface area contributed by atoms with Crippen LogP contribution in [0.5, 0.6) is 0 Å². The molecule has 24 heavy (non-hydrogen) atoms. The second kappa shape index (κ2) is 6.16. The molecular weight excluding hydrogens is 300 g/mol. The van der Waals surface area contributed by atoms with Crippen molar-refractivity contribution >= 4 is 5.82 Å². The Labute approximate surface area is 143 Å². The van der Waals surface area contributed by atoms with Crippen LogP contribution in [0.3, 0.4) is 0 Å². The van der Waals surface area contributed by atoms with Crippen molar-refractivity contribution in [1.82, 2.24) is 24.9 Å². The summed E-state index contributed by atoms with van der Waals surface area (Å²) in [5.74, 6) is 1.76. The van der Waals surface area contributed by atoms with Crippen LogP contribution in [0.2, 0.25) is 0 Å². The third-order valence-electron chi connectivity index (χ3n) is 5.35. The molecule has 128 valence electrons. The highest BCUT2D eigenvalue weighted by molar-refractivity contribution is 5.40. The number of hydrogen-bond acceptors (Lipinski definition) is 5. The number of nitrogens with zero attached hydrogens (tertiary/aromatic N) is 6. The van der Waals surface area contributed by atoms with Crippen LogP contribution < -0.4 is 4.90 Å². The van der Waals surface area contributed by atoms with E-state index in [0.29, 0.717) is 12.1 Å². The number of fused-ring (bicyclic) bond motifs is 2. The first kappa shape index (κ1) is 15.6. The van der Waals surface area contributed by atoms with Crippen LogP contribution in [0.15, 0.2) is 24.4 Å². The second-order valence-corrected chi connectivity index (χ2v) is 7.31. The molecular formula is C18H26N6. The molecule has 0 radical (unpaired) electrons. The van der Waals surface area contributed by atoms with Crippen molar-refractivity contribution in [2.75, 3.05) is 18.0 Å². The Morgan fingerprint density at radius 2 is 1.75 bits per heavy atom. The quantitative estimate of drug-likeness (QED) is 0.867. The van der Waals surface area contributed by atoms with Gasteiger partial charge in [0, 0.05) is 37.4 Å². The highest BCUT2D eigenvalue weighted by atomic mass is 15.4. The van der Waals surface area contributed by atoms with Gasteiger partial charge in [0.25, 0.3) is 0 Å². The van der Waals surface area contributed by atoms with E-state index in [2.05, 4.69) is 45.0 Å². The predicted octanol–water partition coefficient (Wildman–Crippen LogP) is 2.42. The smallest absolute Gasteiger partial charge is 0.175 e. The Balaban J connectivity index is 1.52. The van der Waals surface area contributed by atoms with Gasteiger partial charge >= 0.3 is 0 Å². The fourth-order valence-electron chi connectivity index (χ4n) is 4.31. The molecule has 0 saturated carbocycles. The van der Waals surface area contributed by atoms with Gasteiger partial charge in [-0.05, 0) is 58.2 Å². The average molecular weight is 326 g/mol. The fourth-order valence-corrected chi connectivity index (χ4v) is 4.31. The lowest BCUT2D eigenvalue weighted by atomic mass is 10.1. The summed E-state index contributed by atoms with van der Waals surface area (Å²) in [5.41, 5.74) is 0.984. The van der Waals surface area contributed by atoms with Crippen molar-refractivity contribution in [3.63, 3.8) is 0 Å². The van der Waals surface area contributed by atoms with Gasteiger partial charge in [0.1, 0.15) is 0 Å². The molecule has 2 aliphatic rings. The van der Waals surface area contributed by atoms with E-state index in [-0.39, 0.29) is 0 Å². The molecule has 6 heteroatoms. The van der Waals surface area contributed by atoms with Crippen molar-refractivity contribution in [3.05, 3.63) is 30.1 Å². The molecule has 2 aromatic rings. The summed E-state index contributed by atoms with van der Waals surface area (Å²) in [7, 11) is 0. The highest BCUT2D eigenvalue weighted by Gasteiger charge is 2.38. The maximum atomic E-state index is 4.48. The summed E-state index contributed by atoms with van der Waals surface area (Å²) in [5, 5.41) is 13.3. The maximum absolute atomic E-state index is 4.48. The minimum atomic E-state index is 0.624. The summed E-state index contributed by atoms with van der Waals surface area (Å²) in [6.45, 7) is 8.75. The molecule has 0 spiro atoms. The normalized spacial score (nSPS) is 24.6. The fraction of sp³-hybridized carbons (Fsp3) is 0.611. The molecule has 2 saturated heterocycles. The van der Waals surface area contributed by atoms with Crippen LogP contribution in [0.4, 0.5) is 5.82 Å². The first-order valence-electron chi connectivity index (χ1n) is 9.00. The highest BCUT2D eigenvalue weighted by Crippen LogP contribution is 2.33. The molecule has 4 rings (SSSR count). The zero-order valence-corrected chi connectivity index (χ0v) is 14.8. The molecule has 2 bridgehead atoms. The van der Waals surface area contributed by atoms with E-state index in [1.165, 1.54) is 19.3 Å². The van der Waals surface area contributed by atoms with Gasteiger partial charge in [-0.15, -0.1) is 10.2 Å². The molecule has 2 aliphatic heterocycles. The molecule has 2 atom stereocenters. The Morgan fingerprint density at radius 3 is 2.42 bits per heavy atom. The van der Waals surface area contributed by atoms with Crippen LogP contribution in [0.25, 0.3) is 5.82 Å². The molecule has 0 aliphatic carbocycles. The third kappa shape index (κ3) is 2.79. The standard InChI is InChI=1S/C18H26N6/c1-13(2)24-15-4-5-16(24)12-22(10-9-15)17-6-7-18(20-19-17)23-11-8-14(3)21-23/h6-8,11,13,15-16H,4-5,9-10,12H2,1-3H3. The van der Waals surface area contributed by atoms with Gasteiger partial charge in [0.15, 0.2) is 11.6 Å².